The van der Waals surface area contributed by atoms with E-state index in [0.29, 0.717) is 12.5 Å². The fourth-order valence-electron chi connectivity index (χ4n) is 3.42. The van der Waals surface area contributed by atoms with Crippen LogP contribution in [0.15, 0.2) is 36.5 Å². The summed E-state index contributed by atoms with van der Waals surface area (Å²) in [5, 5.41) is 8.30. The van der Waals surface area contributed by atoms with Crippen LogP contribution in [0, 0.1) is 0 Å². The lowest BCUT2D eigenvalue weighted by Gasteiger charge is -2.22. The standard InChI is InChI=1S/C19H25N5O/c25-19(15-24-14-18(20-21-24)17-7-8-17)23-10-4-9-22(11-12-23)13-16-5-2-1-3-6-16/h1-3,5-6,14,17H,4,7-13,15H2. The molecule has 25 heavy (non-hydrogen) atoms. The first-order valence-electron chi connectivity index (χ1n) is 9.22. The molecule has 4 rings (SSSR count). The van der Waals surface area contributed by atoms with Crippen LogP contribution >= 0.6 is 0 Å². The summed E-state index contributed by atoms with van der Waals surface area (Å²) < 4.78 is 1.70. The van der Waals surface area contributed by atoms with E-state index in [-0.39, 0.29) is 5.91 Å². The predicted octanol–water partition coefficient (Wildman–Crippen LogP) is 1.89. The Bertz CT molecular complexity index is 710. The summed E-state index contributed by atoms with van der Waals surface area (Å²) in [6, 6.07) is 10.5. The molecule has 132 valence electrons. The second kappa shape index (κ2) is 7.35. The molecule has 2 aliphatic rings. The van der Waals surface area contributed by atoms with E-state index in [9.17, 15) is 4.79 Å². The molecule has 2 aromatic rings. The number of carbonyl (C=O) groups excluding carboxylic acids is 1. The summed E-state index contributed by atoms with van der Waals surface area (Å²) in [7, 11) is 0. The van der Waals surface area contributed by atoms with Gasteiger partial charge >= 0.3 is 0 Å². The van der Waals surface area contributed by atoms with Gasteiger partial charge < -0.3 is 4.90 Å². The van der Waals surface area contributed by atoms with Gasteiger partial charge in [-0.1, -0.05) is 35.5 Å². The summed E-state index contributed by atoms with van der Waals surface area (Å²) in [4.78, 5) is 17.0. The van der Waals surface area contributed by atoms with E-state index in [1.54, 1.807) is 4.68 Å². The van der Waals surface area contributed by atoms with Crippen LogP contribution in [-0.2, 0) is 17.9 Å². The Kier molecular flexibility index (Phi) is 4.78. The van der Waals surface area contributed by atoms with E-state index >= 15 is 0 Å². The van der Waals surface area contributed by atoms with Crippen molar-refractivity contribution >= 4 is 5.91 Å². The minimum absolute atomic E-state index is 0.147. The quantitative estimate of drug-likeness (QED) is 0.835. The van der Waals surface area contributed by atoms with Gasteiger partial charge in [-0.15, -0.1) is 5.10 Å². The third-order valence-electron chi connectivity index (χ3n) is 5.04. The Morgan fingerprint density at radius 2 is 1.92 bits per heavy atom. The van der Waals surface area contributed by atoms with Crippen molar-refractivity contribution in [2.75, 3.05) is 26.2 Å². The molecule has 0 N–H and O–H groups in total. The third-order valence-corrected chi connectivity index (χ3v) is 5.04. The van der Waals surface area contributed by atoms with Gasteiger partial charge in [0.25, 0.3) is 0 Å². The van der Waals surface area contributed by atoms with Gasteiger partial charge in [0.1, 0.15) is 6.54 Å². The molecule has 2 heterocycles. The largest absolute Gasteiger partial charge is 0.340 e. The van der Waals surface area contributed by atoms with Crippen LogP contribution in [0.5, 0.6) is 0 Å². The molecule has 6 nitrogen and oxygen atoms in total. The maximum absolute atomic E-state index is 12.6. The molecule has 0 unspecified atom stereocenters. The van der Waals surface area contributed by atoms with Crippen molar-refractivity contribution in [3.8, 4) is 0 Å². The van der Waals surface area contributed by atoms with Gasteiger partial charge in [-0.25, -0.2) is 4.68 Å². The summed E-state index contributed by atoms with van der Waals surface area (Å²) >= 11 is 0. The van der Waals surface area contributed by atoms with Gasteiger partial charge in [-0.05, 0) is 24.8 Å². The second-order valence-electron chi connectivity index (χ2n) is 7.11. The molecule has 0 atom stereocenters. The molecule has 1 aliphatic carbocycles. The molecule has 0 radical (unpaired) electrons. The SMILES string of the molecule is O=C(Cn1cc(C2CC2)nn1)N1CCCN(Cc2ccccc2)CC1. The molecule has 0 bridgehead atoms. The van der Waals surface area contributed by atoms with E-state index < -0.39 is 0 Å². The lowest BCUT2D eigenvalue weighted by Crippen LogP contribution is -2.37. The zero-order valence-corrected chi connectivity index (χ0v) is 14.5. The molecule has 1 aromatic heterocycles. The predicted molar refractivity (Wildman–Crippen MR) is 94.9 cm³/mol. The van der Waals surface area contributed by atoms with Crippen LogP contribution < -0.4 is 0 Å². The summed E-state index contributed by atoms with van der Waals surface area (Å²) in [5.41, 5.74) is 2.37. The maximum Gasteiger partial charge on any atom is 0.244 e. The highest BCUT2D eigenvalue weighted by molar-refractivity contribution is 5.75. The van der Waals surface area contributed by atoms with Crippen molar-refractivity contribution in [3.63, 3.8) is 0 Å². The third kappa shape index (κ3) is 4.25. The maximum atomic E-state index is 12.6. The molecule has 6 heteroatoms. The van der Waals surface area contributed by atoms with Gasteiger partial charge in [-0.3, -0.25) is 9.69 Å². The zero-order chi connectivity index (χ0) is 17.1. The Hall–Kier alpha value is -2.21. The first-order chi connectivity index (χ1) is 12.3. The molecule has 2 fully saturated rings. The minimum Gasteiger partial charge on any atom is -0.340 e. The Morgan fingerprint density at radius 1 is 1.08 bits per heavy atom. The highest BCUT2D eigenvalue weighted by atomic mass is 16.2. The van der Waals surface area contributed by atoms with Crippen LogP contribution in [0.25, 0.3) is 0 Å². The number of aromatic nitrogens is 3. The minimum atomic E-state index is 0.147. The van der Waals surface area contributed by atoms with E-state index in [0.717, 1.165) is 44.8 Å². The van der Waals surface area contributed by atoms with E-state index in [1.807, 2.05) is 17.2 Å². The fraction of sp³-hybridized carbons (Fsp3) is 0.526. The number of benzene rings is 1. The number of hydrogen-bond acceptors (Lipinski definition) is 4. The molecule has 1 saturated carbocycles. The van der Waals surface area contributed by atoms with Crippen LogP contribution in [0.3, 0.4) is 0 Å². The molecular formula is C19H25N5O. The highest BCUT2D eigenvalue weighted by Crippen LogP contribution is 2.38. The summed E-state index contributed by atoms with van der Waals surface area (Å²) in [6.45, 7) is 4.83. The highest BCUT2D eigenvalue weighted by Gasteiger charge is 2.27. The number of rotatable bonds is 5. The van der Waals surface area contributed by atoms with Gasteiger partial charge in [0.2, 0.25) is 5.91 Å². The van der Waals surface area contributed by atoms with Crippen LogP contribution in [0.2, 0.25) is 0 Å². The molecule has 1 aliphatic heterocycles. The van der Waals surface area contributed by atoms with E-state index in [4.69, 9.17) is 0 Å². The van der Waals surface area contributed by atoms with Crippen LogP contribution in [0.1, 0.15) is 36.4 Å². The number of hydrogen-bond donors (Lipinski definition) is 0. The van der Waals surface area contributed by atoms with E-state index in [2.05, 4.69) is 39.5 Å². The van der Waals surface area contributed by atoms with Crippen molar-refractivity contribution in [2.45, 2.75) is 38.3 Å². The number of carbonyl (C=O) groups is 1. The molecule has 1 amide bonds. The Morgan fingerprint density at radius 3 is 2.72 bits per heavy atom. The average Bonchev–Trinajstić information content (AvgIpc) is 3.41. The second-order valence-corrected chi connectivity index (χ2v) is 7.11. The topological polar surface area (TPSA) is 54.3 Å². The monoisotopic (exact) mass is 339 g/mol. The van der Waals surface area contributed by atoms with E-state index in [1.165, 1.54) is 18.4 Å². The fourth-order valence-corrected chi connectivity index (χ4v) is 3.42. The van der Waals surface area contributed by atoms with Crippen molar-refractivity contribution in [2.24, 2.45) is 0 Å². The van der Waals surface area contributed by atoms with Crippen LogP contribution in [0.4, 0.5) is 0 Å². The smallest absolute Gasteiger partial charge is 0.244 e. The molecule has 1 saturated heterocycles. The molecule has 0 spiro atoms. The molecule has 1 aromatic carbocycles. The van der Waals surface area contributed by atoms with Gasteiger partial charge in [0.05, 0.1) is 5.69 Å². The zero-order valence-electron chi connectivity index (χ0n) is 14.5. The molecular weight excluding hydrogens is 314 g/mol. The first-order valence-corrected chi connectivity index (χ1v) is 9.22. The van der Waals surface area contributed by atoms with Crippen molar-refractivity contribution < 1.29 is 4.79 Å². The van der Waals surface area contributed by atoms with Gasteiger partial charge in [0.15, 0.2) is 0 Å². The lowest BCUT2D eigenvalue weighted by atomic mass is 10.2. The Balaban J connectivity index is 1.29. The summed E-state index contributed by atoms with van der Waals surface area (Å²) in [6.07, 6.45) is 5.37. The van der Waals surface area contributed by atoms with Crippen LogP contribution in [-0.4, -0.2) is 56.9 Å². The number of amides is 1. The first kappa shape index (κ1) is 16.3. The number of nitrogens with zero attached hydrogens (tertiary/aromatic N) is 5. The van der Waals surface area contributed by atoms with Gasteiger partial charge in [-0.2, -0.15) is 0 Å². The normalized spacial score (nSPS) is 19.0. The lowest BCUT2D eigenvalue weighted by molar-refractivity contribution is -0.131. The average molecular weight is 339 g/mol. The van der Waals surface area contributed by atoms with Crippen molar-refractivity contribution in [3.05, 3.63) is 47.8 Å². The van der Waals surface area contributed by atoms with Crippen molar-refractivity contribution in [1.82, 2.24) is 24.8 Å². The summed E-state index contributed by atoms with van der Waals surface area (Å²) in [5.74, 6) is 0.724. The van der Waals surface area contributed by atoms with Crippen molar-refractivity contribution in [1.29, 1.82) is 0 Å². The van der Waals surface area contributed by atoms with Gasteiger partial charge in [0, 0.05) is 44.8 Å². The Labute approximate surface area is 148 Å².